The summed E-state index contributed by atoms with van der Waals surface area (Å²) < 4.78 is 0. The van der Waals surface area contributed by atoms with Crippen LogP contribution < -0.4 is 5.32 Å². The van der Waals surface area contributed by atoms with E-state index in [2.05, 4.69) is 97.3 Å². The van der Waals surface area contributed by atoms with Gasteiger partial charge in [0.25, 0.3) is 0 Å². The second-order valence-electron chi connectivity index (χ2n) is 7.54. The Morgan fingerprint density at radius 2 is 1.16 bits per heavy atom. The molecule has 0 bridgehead atoms. The first kappa shape index (κ1) is 27.2. The number of carbonyl (C=O) groups excluding carboxylic acids is 1. The van der Waals surface area contributed by atoms with Gasteiger partial charge in [-0.05, 0) is 56.9 Å². The smallest absolute Gasteiger partial charge is 0.220 e. The predicted octanol–water partition coefficient (Wildman–Crippen LogP) is 7.82. The average molecular weight is 432 g/mol. The third kappa shape index (κ3) is 17.9. The fourth-order valence-electron chi connectivity index (χ4n) is 2.93. The van der Waals surface area contributed by atoms with Crippen LogP contribution >= 0.6 is 0 Å². The topological polar surface area (TPSA) is 29.1 Å². The number of carbonyl (C=O) groups is 1. The van der Waals surface area contributed by atoms with Crippen molar-refractivity contribution in [3.8, 4) is 0 Å². The molecule has 0 unspecified atom stereocenters. The van der Waals surface area contributed by atoms with Gasteiger partial charge in [0.2, 0.25) is 5.91 Å². The molecule has 0 fully saturated rings. The number of hydrogen-bond acceptors (Lipinski definition) is 1. The van der Waals surface area contributed by atoms with Gasteiger partial charge in [0, 0.05) is 13.0 Å². The Morgan fingerprint density at radius 1 is 0.688 bits per heavy atom. The van der Waals surface area contributed by atoms with Crippen molar-refractivity contribution < 1.29 is 4.79 Å². The Hall–Kier alpha value is -2.87. The van der Waals surface area contributed by atoms with E-state index in [4.69, 9.17) is 0 Å². The summed E-state index contributed by atoms with van der Waals surface area (Å²) in [6.07, 6.45) is 34.5. The fraction of sp³-hybridized carbons (Fsp3) is 0.367. The van der Waals surface area contributed by atoms with Crippen molar-refractivity contribution >= 4 is 5.91 Å². The predicted molar refractivity (Wildman–Crippen MR) is 141 cm³/mol. The van der Waals surface area contributed by atoms with Crippen molar-refractivity contribution in [3.63, 3.8) is 0 Å². The van der Waals surface area contributed by atoms with E-state index in [1.54, 1.807) is 0 Å². The minimum absolute atomic E-state index is 0.125. The minimum atomic E-state index is 0.125. The summed E-state index contributed by atoms with van der Waals surface area (Å²) in [5.41, 5.74) is 1.25. The summed E-state index contributed by atoms with van der Waals surface area (Å²) in [6, 6.07) is 10.2. The van der Waals surface area contributed by atoms with Crippen LogP contribution in [-0.4, -0.2) is 12.5 Å². The lowest BCUT2D eigenvalue weighted by Gasteiger charge is -2.04. The molecule has 2 heteroatoms. The third-order valence-electron chi connectivity index (χ3n) is 4.71. The van der Waals surface area contributed by atoms with E-state index in [0.717, 1.165) is 51.4 Å². The van der Waals surface area contributed by atoms with Gasteiger partial charge in [0.1, 0.15) is 0 Å². The molecule has 1 aromatic rings. The molecule has 0 heterocycles. The zero-order chi connectivity index (χ0) is 23.0. The van der Waals surface area contributed by atoms with Crippen LogP contribution in [-0.2, 0) is 11.2 Å². The quantitative estimate of drug-likeness (QED) is 0.250. The Morgan fingerprint density at radius 3 is 1.66 bits per heavy atom. The lowest BCUT2D eigenvalue weighted by molar-refractivity contribution is -0.120. The van der Waals surface area contributed by atoms with Crippen LogP contribution in [0.2, 0.25) is 0 Å². The van der Waals surface area contributed by atoms with Gasteiger partial charge in [-0.3, -0.25) is 4.79 Å². The molecule has 0 aromatic heterocycles. The van der Waals surface area contributed by atoms with Crippen LogP contribution in [0.3, 0.4) is 0 Å². The second-order valence-corrected chi connectivity index (χ2v) is 7.54. The van der Waals surface area contributed by atoms with Crippen LogP contribution in [0, 0.1) is 0 Å². The van der Waals surface area contributed by atoms with Gasteiger partial charge >= 0.3 is 0 Å². The van der Waals surface area contributed by atoms with E-state index in [9.17, 15) is 4.79 Å². The number of rotatable bonds is 17. The third-order valence-corrected chi connectivity index (χ3v) is 4.71. The van der Waals surface area contributed by atoms with Gasteiger partial charge in [0.15, 0.2) is 0 Å². The average Bonchev–Trinajstić information content (AvgIpc) is 2.81. The Kier molecular flexibility index (Phi) is 18.1. The molecule has 32 heavy (non-hydrogen) atoms. The Balaban J connectivity index is 1.95. The highest BCUT2D eigenvalue weighted by Crippen LogP contribution is 2.00. The number of nitrogens with one attached hydrogen (secondary N) is 1. The molecular weight excluding hydrogens is 390 g/mol. The lowest BCUT2D eigenvalue weighted by Crippen LogP contribution is -2.25. The molecule has 0 saturated heterocycles. The van der Waals surface area contributed by atoms with Crippen LogP contribution in [0.25, 0.3) is 0 Å². The van der Waals surface area contributed by atoms with Crippen LogP contribution in [0.15, 0.2) is 103 Å². The molecule has 2 nitrogen and oxygen atoms in total. The summed E-state index contributed by atoms with van der Waals surface area (Å²) in [5, 5.41) is 2.99. The van der Waals surface area contributed by atoms with Gasteiger partial charge in [0.05, 0.1) is 0 Å². The van der Waals surface area contributed by atoms with Crippen molar-refractivity contribution in [2.45, 2.75) is 64.7 Å². The van der Waals surface area contributed by atoms with Gasteiger partial charge < -0.3 is 5.32 Å². The summed E-state index contributed by atoms with van der Waals surface area (Å²) in [6.45, 7) is 2.86. The highest BCUT2D eigenvalue weighted by Gasteiger charge is 1.98. The molecule has 0 aliphatic carbocycles. The number of amides is 1. The SMILES string of the molecule is CC/C=C/C/C=C/C/C=C/C/C=C/C/C=C/C/C=C/CCC(=O)NCCc1ccccc1. The first-order valence-corrected chi connectivity index (χ1v) is 12.0. The zero-order valence-electron chi connectivity index (χ0n) is 19.8. The summed E-state index contributed by atoms with van der Waals surface area (Å²) in [4.78, 5) is 11.8. The standard InChI is InChI=1S/C30H41NO/c1-2-3-4-5-6-7-8-9-10-11-12-13-14-15-16-17-18-19-23-26-30(32)31-28-27-29-24-21-20-22-25-29/h3-4,6-7,9-10,12-13,15-16,18-22,24-25H,2,5,8,11,14,17,23,26-28H2,1H3,(H,31,32)/b4-3+,7-6+,10-9+,13-12+,16-15+,19-18+. The fourth-order valence-corrected chi connectivity index (χ4v) is 2.93. The van der Waals surface area contributed by atoms with E-state index in [1.807, 2.05) is 18.2 Å². The van der Waals surface area contributed by atoms with Crippen LogP contribution in [0.1, 0.15) is 63.9 Å². The van der Waals surface area contributed by atoms with Gasteiger partial charge in [-0.1, -0.05) is 110 Å². The maximum absolute atomic E-state index is 11.8. The number of benzene rings is 1. The monoisotopic (exact) mass is 431 g/mol. The normalized spacial score (nSPS) is 12.5. The van der Waals surface area contributed by atoms with Crippen molar-refractivity contribution in [2.75, 3.05) is 6.54 Å². The Bertz CT molecular complexity index is 750. The zero-order valence-corrected chi connectivity index (χ0v) is 19.8. The van der Waals surface area contributed by atoms with Crippen molar-refractivity contribution in [1.29, 1.82) is 0 Å². The lowest BCUT2D eigenvalue weighted by atomic mass is 10.1. The first-order valence-electron chi connectivity index (χ1n) is 12.0. The number of allylic oxidation sites excluding steroid dienone is 12. The first-order chi connectivity index (χ1) is 15.8. The molecule has 0 atom stereocenters. The van der Waals surface area contributed by atoms with Crippen LogP contribution in [0.4, 0.5) is 0 Å². The van der Waals surface area contributed by atoms with Gasteiger partial charge in [-0.15, -0.1) is 0 Å². The van der Waals surface area contributed by atoms with E-state index in [0.29, 0.717) is 13.0 Å². The Labute approximate surface area is 196 Å². The van der Waals surface area contributed by atoms with E-state index in [1.165, 1.54) is 5.56 Å². The summed E-state index contributed by atoms with van der Waals surface area (Å²) >= 11 is 0. The van der Waals surface area contributed by atoms with E-state index < -0.39 is 0 Å². The molecule has 1 amide bonds. The highest BCUT2D eigenvalue weighted by atomic mass is 16.1. The molecule has 0 spiro atoms. The molecule has 0 radical (unpaired) electrons. The van der Waals surface area contributed by atoms with Crippen molar-refractivity contribution in [2.24, 2.45) is 0 Å². The minimum Gasteiger partial charge on any atom is -0.356 e. The highest BCUT2D eigenvalue weighted by molar-refractivity contribution is 5.75. The van der Waals surface area contributed by atoms with Crippen molar-refractivity contribution in [1.82, 2.24) is 5.32 Å². The molecule has 0 saturated carbocycles. The largest absolute Gasteiger partial charge is 0.356 e. The van der Waals surface area contributed by atoms with Gasteiger partial charge in [-0.25, -0.2) is 0 Å². The molecule has 0 aliphatic rings. The second kappa shape index (κ2) is 21.4. The molecule has 0 aliphatic heterocycles. The molecule has 172 valence electrons. The molecule has 1 aromatic carbocycles. The summed E-state index contributed by atoms with van der Waals surface area (Å²) in [5.74, 6) is 0.125. The van der Waals surface area contributed by atoms with E-state index >= 15 is 0 Å². The molecular formula is C30H41NO. The number of hydrogen-bond donors (Lipinski definition) is 1. The molecule has 1 N–H and O–H groups in total. The summed E-state index contributed by atoms with van der Waals surface area (Å²) in [7, 11) is 0. The maximum atomic E-state index is 11.8. The molecule has 1 rings (SSSR count). The van der Waals surface area contributed by atoms with Gasteiger partial charge in [-0.2, -0.15) is 0 Å². The maximum Gasteiger partial charge on any atom is 0.220 e. The van der Waals surface area contributed by atoms with Crippen LogP contribution in [0.5, 0.6) is 0 Å². The van der Waals surface area contributed by atoms with E-state index in [-0.39, 0.29) is 5.91 Å². The van der Waals surface area contributed by atoms with Crippen molar-refractivity contribution in [3.05, 3.63) is 109 Å².